The molecule has 1 saturated heterocycles. The van der Waals surface area contributed by atoms with Crippen molar-refractivity contribution in [1.29, 1.82) is 0 Å². The van der Waals surface area contributed by atoms with Gasteiger partial charge in [-0.1, -0.05) is 24.3 Å². The number of hydrogen-bond donors (Lipinski definition) is 1. The Morgan fingerprint density at radius 1 is 1.18 bits per heavy atom. The quantitative estimate of drug-likeness (QED) is 0.873. The van der Waals surface area contributed by atoms with E-state index in [1.165, 1.54) is 42.8 Å². The van der Waals surface area contributed by atoms with Gasteiger partial charge in [-0.15, -0.1) is 0 Å². The maximum absolute atomic E-state index is 3.74. The standard InChI is InChI=1S/C15H21NS/c1-2-6-15(12-7-8-12)13(4-1)10-16-14-5-3-9-17-11-14/h1-2,4,6,12,14,16H,3,5,7-11H2. The maximum atomic E-state index is 3.74. The lowest BCUT2D eigenvalue weighted by Crippen LogP contribution is -2.33. The lowest BCUT2D eigenvalue weighted by Gasteiger charge is -2.23. The summed E-state index contributed by atoms with van der Waals surface area (Å²) in [4.78, 5) is 0. The molecule has 1 aromatic rings. The molecule has 1 aromatic carbocycles. The van der Waals surface area contributed by atoms with Gasteiger partial charge in [0, 0.05) is 18.3 Å². The molecule has 1 N–H and O–H groups in total. The van der Waals surface area contributed by atoms with Crippen molar-refractivity contribution in [3.63, 3.8) is 0 Å². The van der Waals surface area contributed by atoms with Crippen LogP contribution in [-0.4, -0.2) is 17.5 Å². The van der Waals surface area contributed by atoms with Crippen LogP contribution in [0.15, 0.2) is 24.3 Å². The number of thioether (sulfide) groups is 1. The summed E-state index contributed by atoms with van der Waals surface area (Å²) in [6.45, 7) is 1.07. The van der Waals surface area contributed by atoms with Crippen molar-refractivity contribution in [1.82, 2.24) is 5.32 Å². The minimum absolute atomic E-state index is 0.737. The first-order valence-electron chi connectivity index (χ1n) is 6.82. The van der Waals surface area contributed by atoms with Crippen molar-refractivity contribution in [2.75, 3.05) is 11.5 Å². The average molecular weight is 247 g/mol. The maximum Gasteiger partial charge on any atom is 0.0211 e. The summed E-state index contributed by atoms with van der Waals surface area (Å²) < 4.78 is 0. The fourth-order valence-electron chi connectivity index (χ4n) is 2.64. The third kappa shape index (κ3) is 3.05. The first kappa shape index (κ1) is 11.6. The van der Waals surface area contributed by atoms with Crippen LogP contribution in [0, 0.1) is 0 Å². The highest BCUT2D eigenvalue weighted by Gasteiger charge is 2.25. The molecule has 2 fully saturated rings. The summed E-state index contributed by atoms with van der Waals surface area (Å²) in [5, 5.41) is 3.74. The molecule has 1 nitrogen and oxygen atoms in total. The van der Waals surface area contributed by atoms with Crippen LogP contribution in [0.3, 0.4) is 0 Å². The SMILES string of the molecule is c1ccc(C2CC2)c(CNC2CCCSC2)c1. The van der Waals surface area contributed by atoms with Gasteiger partial charge in [0.1, 0.15) is 0 Å². The Morgan fingerprint density at radius 2 is 2.06 bits per heavy atom. The van der Waals surface area contributed by atoms with Crippen molar-refractivity contribution >= 4 is 11.8 Å². The largest absolute Gasteiger partial charge is 0.309 e. The molecule has 0 radical (unpaired) electrons. The highest BCUT2D eigenvalue weighted by atomic mass is 32.2. The second kappa shape index (κ2) is 5.45. The van der Waals surface area contributed by atoms with E-state index in [0.717, 1.165) is 18.5 Å². The zero-order chi connectivity index (χ0) is 11.5. The van der Waals surface area contributed by atoms with E-state index in [1.807, 2.05) is 0 Å². The first-order chi connectivity index (χ1) is 8.43. The molecule has 1 aliphatic carbocycles. The second-order valence-corrected chi connectivity index (χ2v) is 6.42. The first-order valence-corrected chi connectivity index (χ1v) is 7.98. The van der Waals surface area contributed by atoms with Crippen LogP contribution in [-0.2, 0) is 6.54 Å². The van der Waals surface area contributed by atoms with Crippen LogP contribution in [0.4, 0.5) is 0 Å². The Bertz CT molecular complexity index is 367. The number of nitrogens with one attached hydrogen (secondary N) is 1. The Morgan fingerprint density at radius 3 is 2.82 bits per heavy atom. The van der Waals surface area contributed by atoms with Crippen LogP contribution < -0.4 is 5.32 Å². The van der Waals surface area contributed by atoms with Crippen molar-refractivity contribution in [2.24, 2.45) is 0 Å². The highest BCUT2D eigenvalue weighted by molar-refractivity contribution is 7.99. The van der Waals surface area contributed by atoms with Crippen LogP contribution in [0.1, 0.15) is 42.7 Å². The van der Waals surface area contributed by atoms with Crippen molar-refractivity contribution < 1.29 is 0 Å². The predicted molar refractivity (Wildman–Crippen MR) is 75.6 cm³/mol. The Balaban J connectivity index is 1.60. The Kier molecular flexibility index (Phi) is 3.72. The van der Waals surface area contributed by atoms with Gasteiger partial charge >= 0.3 is 0 Å². The molecule has 92 valence electrons. The molecular weight excluding hydrogens is 226 g/mol. The third-order valence-electron chi connectivity index (χ3n) is 3.81. The summed E-state index contributed by atoms with van der Waals surface area (Å²) in [6.07, 6.45) is 5.54. The van der Waals surface area contributed by atoms with Crippen LogP contribution >= 0.6 is 11.8 Å². The number of rotatable bonds is 4. The molecule has 1 heterocycles. The molecule has 0 bridgehead atoms. The Hall–Kier alpha value is -0.470. The van der Waals surface area contributed by atoms with E-state index in [2.05, 4.69) is 41.3 Å². The molecule has 3 rings (SSSR count). The molecule has 17 heavy (non-hydrogen) atoms. The fourth-order valence-corrected chi connectivity index (χ4v) is 3.75. The van der Waals surface area contributed by atoms with Gasteiger partial charge in [0.15, 0.2) is 0 Å². The highest BCUT2D eigenvalue weighted by Crippen LogP contribution is 2.41. The summed E-state index contributed by atoms with van der Waals surface area (Å²) in [5.41, 5.74) is 3.13. The molecule has 1 aliphatic heterocycles. The number of hydrogen-bond acceptors (Lipinski definition) is 2. The number of benzene rings is 1. The van der Waals surface area contributed by atoms with E-state index >= 15 is 0 Å². The van der Waals surface area contributed by atoms with E-state index in [4.69, 9.17) is 0 Å². The van der Waals surface area contributed by atoms with E-state index < -0.39 is 0 Å². The molecule has 1 atom stereocenters. The van der Waals surface area contributed by atoms with Crippen LogP contribution in [0.5, 0.6) is 0 Å². The normalized spacial score (nSPS) is 24.8. The van der Waals surface area contributed by atoms with E-state index in [-0.39, 0.29) is 0 Å². The lowest BCUT2D eigenvalue weighted by molar-refractivity contribution is 0.506. The van der Waals surface area contributed by atoms with Crippen molar-refractivity contribution in [3.8, 4) is 0 Å². The van der Waals surface area contributed by atoms with E-state index in [9.17, 15) is 0 Å². The molecule has 0 aromatic heterocycles. The van der Waals surface area contributed by atoms with Gasteiger partial charge in [0.25, 0.3) is 0 Å². The topological polar surface area (TPSA) is 12.0 Å². The van der Waals surface area contributed by atoms with Gasteiger partial charge in [0.05, 0.1) is 0 Å². The summed E-state index contributed by atoms with van der Waals surface area (Å²) >= 11 is 2.10. The molecule has 2 heteroatoms. The molecular formula is C15H21NS. The van der Waals surface area contributed by atoms with E-state index in [1.54, 1.807) is 5.56 Å². The summed E-state index contributed by atoms with van der Waals surface area (Å²) in [7, 11) is 0. The molecule has 1 saturated carbocycles. The third-order valence-corrected chi connectivity index (χ3v) is 5.03. The van der Waals surface area contributed by atoms with Crippen LogP contribution in [0.2, 0.25) is 0 Å². The predicted octanol–water partition coefficient (Wildman–Crippen LogP) is 3.55. The Labute approximate surface area is 108 Å². The van der Waals surface area contributed by atoms with Gasteiger partial charge in [-0.2, -0.15) is 11.8 Å². The lowest BCUT2D eigenvalue weighted by atomic mass is 10.0. The van der Waals surface area contributed by atoms with Gasteiger partial charge in [-0.05, 0) is 48.5 Å². The van der Waals surface area contributed by atoms with Gasteiger partial charge < -0.3 is 5.32 Å². The van der Waals surface area contributed by atoms with Crippen LogP contribution in [0.25, 0.3) is 0 Å². The zero-order valence-electron chi connectivity index (χ0n) is 10.3. The zero-order valence-corrected chi connectivity index (χ0v) is 11.1. The fraction of sp³-hybridized carbons (Fsp3) is 0.600. The van der Waals surface area contributed by atoms with Crippen molar-refractivity contribution in [3.05, 3.63) is 35.4 Å². The summed E-state index contributed by atoms with van der Waals surface area (Å²) in [5.74, 6) is 3.52. The molecule has 0 spiro atoms. The van der Waals surface area contributed by atoms with Gasteiger partial charge in [0.2, 0.25) is 0 Å². The second-order valence-electron chi connectivity index (χ2n) is 5.27. The van der Waals surface area contributed by atoms with Gasteiger partial charge in [-0.3, -0.25) is 0 Å². The molecule has 1 unspecified atom stereocenters. The van der Waals surface area contributed by atoms with Crippen molar-refractivity contribution in [2.45, 2.75) is 44.2 Å². The minimum Gasteiger partial charge on any atom is -0.309 e. The smallest absolute Gasteiger partial charge is 0.0211 e. The average Bonchev–Trinajstić information content (AvgIpc) is 3.22. The minimum atomic E-state index is 0.737. The monoisotopic (exact) mass is 247 g/mol. The van der Waals surface area contributed by atoms with Gasteiger partial charge in [-0.25, -0.2) is 0 Å². The molecule has 2 aliphatic rings. The summed E-state index contributed by atoms with van der Waals surface area (Å²) in [6, 6.07) is 9.73. The van der Waals surface area contributed by atoms with E-state index in [0.29, 0.717) is 0 Å². The molecule has 0 amide bonds.